The summed E-state index contributed by atoms with van der Waals surface area (Å²) in [7, 11) is 0. The number of aryl methyl sites for hydroxylation is 1. The Hall–Kier alpha value is -2.49. The fourth-order valence-corrected chi connectivity index (χ4v) is 6.03. The van der Waals surface area contributed by atoms with Gasteiger partial charge in [-0.05, 0) is 32.8 Å². The van der Waals surface area contributed by atoms with Gasteiger partial charge in [0.15, 0.2) is 16.1 Å². The van der Waals surface area contributed by atoms with Crippen LogP contribution in [0.1, 0.15) is 37.3 Å². The van der Waals surface area contributed by atoms with Gasteiger partial charge < -0.3 is 5.32 Å². The van der Waals surface area contributed by atoms with Crippen molar-refractivity contribution < 1.29 is 4.79 Å². The monoisotopic (exact) mass is 483 g/mol. The number of nitrogens with one attached hydrogen (secondary N) is 1. The number of thiazole rings is 1. The van der Waals surface area contributed by atoms with Crippen molar-refractivity contribution in [3.63, 3.8) is 0 Å². The van der Waals surface area contributed by atoms with Gasteiger partial charge in [0.25, 0.3) is 0 Å². The fourth-order valence-electron chi connectivity index (χ4n) is 3.49. The topological polar surface area (TPSA) is 72.7 Å². The molecule has 1 N–H and O–H groups in total. The minimum absolute atomic E-state index is 0.107. The summed E-state index contributed by atoms with van der Waals surface area (Å²) in [5.74, 6) is 1.01. The Kier molecular flexibility index (Phi) is 7.07. The molecular weight excluding hydrogens is 458 g/mol. The maximum Gasteiger partial charge on any atom is 0.236 e. The number of thiophene rings is 1. The zero-order chi connectivity index (χ0) is 22.7. The van der Waals surface area contributed by atoms with Crippen LogP contribution in [0.5, 0.6) is 0 Å². The quantitative estimate of drug-likeness (QED) is 0.297. The first kappa shape index (κ1) is 22.7. The van der Waals surface area contributed by atoms with Crippen LogP contribution >= 0.6 is 34.4 Å². The smallest absolute Gasteiger partial charge is 0.236 e. The second-order valence-corrected chi connectivity index (χ2v) is 10.4. The van der Waals surface area contributed by atoms with Crippen LogP contribution in [-0.2, 0) is 11.2 Å². The molecule has 0 atom stereocenters. The van der Waals surface area contributed by atoms with Crippen molar-refractivity contribution in [3.8, 4) is 22.6 Å². The highest BCUT2D eigenvalue weighted by Crippen LogP contribution is 2.34. The van der Waals surface area contributed by atoms with Crippen LogP contribution in [0.25, 0.3) is 22.6 Å². The van der Waals surface area contributed by atoms with E-state index in [0.29, 0.717) is 5.13 Å². The number of carbonyl (C=O) groups is 1. The van der Waals surface area contributed by atoms with Crippen molar-refractivity contribution in [3.05, 3.63) is 51.5 Å². The first-order valence-electron chi connectivity index (χ1n) is 10.4. The summed E-state index contributed by atoms with van der Waals surface area (Å²) in [5, 5.41) is 17.3. The third-order valence-corrected chi connectivity index (χ3v) is 7.69. The van der Waals surface area contributed by atoms with Crippen LogP contribution in [0.2, 0.25) is 0 Å². The SMILES string of the molecule is CCc1c(-c2nnc(SCC(=O)Nc3nc(-c4ccccc4)cs3)n2C(C)C)csc1C. The second kappa shape index (κ2) is 9.97. The maximum atomic E-state index is 12.6. The summed E-state index contributed by atoms with van der Waals surface area (Å²) in [4.78, 5) is 18.4. The summed E-state index contributed by atoms with van der Waals surface area (Å²) in [5.41, 5.74) is 4.35. The number of hydrogen-bond donors (Lipinski definition) is 1. The summed E-state index contributed by atoms with van der Waals surface area (Å²) in [6, 6.07) is 10.1. The highest BCUT2D eigenvalue weighted by atomic mass is 32.2. The molecule has 4 rings (SSSR count). The number of benzene rings is 1. The molecule has 0 radical (unpaired) electrons. The molecule has 1 aromatic carbocycles. The van der Waals surface area contributed by atoms with Crippen LogP contribution in [-0.4, -0.2) is 31.4 Å². The lowest BCUT2D eigenvalue weighted by Crippen LogP contribution is -2.15. The molecule has 4 aromatic rings. The number of hydrogen-bond acceptors (Lipinski definition) is 7. The number of aromatic nitrogens is 4. The summed E-state index contributed by atoms with van der Waals surface area (Å²) >= 11 is 4.57. The molecule has 0 aliphatic rings. The average molecular weight is 484 g/mol. The van der Waals surface area contributed by atoms with Crippen molar-refractivity contribution in [2.24, 2.45) is 0 Å². The van der Waals surface area contributed by atoms with Gasteiger partial charge in [0.1, 0.15) is 0 Å². The van der Waals surface area contributed by atoms with Gasteiger partial charge in [0, 0.05) is 32.8 Å². The zero-order valence-corrected chi connectivity index (χ0v) is 20.9. The Morgan fingerprint density at radius 3 is 2.66 bits per heavy atom. The number of thioether (sulfide) groups is 1. The molecule has 1 amide bonds. The largest absolute Gasteiger partial charge is 0.301 e. The third kappa shape index (κ3) is 4.79. The Labute approximate surface area is 200 Å². The van der Waals surface area contributed by atoms with Gasteiger partial charge in [-0.15, -0.1) is 32.9 Å². The van der Waals surface area contributed by atoms with E-state index in [1.807, 2.05) is 35.7 Å². The van der Waals surface area contributed by atoms with E-state index in [9.17, 15) is 4.79 Å². The molecule has 0 spiro atoms. The van der Waals surface area contributed by atoms with E-state index in [0.717, 1.165) is 34.2 Å². The van der Waals surface area contributed by atoms with E-state index in [1.165, 1.54) is 33.5 Å². The van der Waals surface area contributed by atoms with Crippen LogP contribution < -0.4 is 5.32 Å². The molecule has 3 aromatic heterocycles. The molecule has 0 aliphatic heterocycles. The predicted molar refractivity (Wildman–Crippen MR) is 135 cm³/mol. The minimum Gasteiger partial charge on any atom is -0.301 e. The number of amides is 1. The maximum absolute atomic E-state index is 12.6. The summed E-state index contributed by atoms with van der Waals surface area (Å²) in [6.07, 6.45) is 0.958. The number of rotatable bonds is 8. The van der Waals surface area contributed by atoms with Crippen molar-refractivity contribution >= 4 is 45.5 Å². The van der Waals surface area contributed by atoms with E-state index in [1.54, 1.807) is 11.3 Å². The molecular formula is C23H25N5OS3. The molecule has 0 aliphatic carbocycles. The van der Waals surface area contributed by atoms with Gasteiger partial charge in [0.2, 0.25) is 5.91 Å². The first-order valence-corrected chi connectivity index (χ1v) is 13.2. The van der Waals surface area contributed by atoms with Crippen LogP contribution in [0, 0.1) is 6.92 Å². The number of anilines is 1. The molecule has 166 valence electrons. The second-order valence-electron chi connectivity index (χ2n) is 7.55. The molecule has 9 heteroatoms. The number of carbonyl (C=O) groups excluding carboxylic acids is 1. The molecule has 32 heavy (non-hydrogen) atoms. The Bertz CT molecular complexity index is 1210. The molecule has 0 unspecified atom stereocenters. The molecule has 0 saturated heterocycles. The Morgan fingerprint density at radius 1 is 1.16 bits per heavy atom. The normalized spacial score (nSPS) is 11.3. The molecule has 6 nitrogen and oxygen atoms in total. The molecule has 3 heterocycles. The van der Waals surface area contributed by atoms with Crippen LogP contribution in [0.4, 0.5) is 5.13 Å². The number of nitrogens with zero attached hydrogens (tertiary/aromatic N) is 4. The zero-order valence-electron chi connectivity index (χ0n) is 18.5. The van der Waals surface area contributed by atoms with Crippen molar-refractivity contribution in [2.75, 3.05) is 11.1 Å². The lowest BCUT2D eigenvalue weighted by Gasteiger charge is -2.14. The predicted octanol–water partition coefficient (Wildman–Crippen LogP) is 6.31. The third-order valence-electron chi connectivity index (χ3n) is 5.03. The van der Waals surface area contributed by atoms with E-state index in [2.05, 4.69) is 58.1 Å². The average Bonchev–Trinajstić information content (AvgIpc) is 3.50. The summed E-state index contributed by atoms with van der Waals surface area (Å²) < 4.78 is 2.12. The first-order chi connectivity index (χ1) is 15.5. The minimum atomic E-state index is -0.107. The molecule has 0 bridgehead atoms. The Balaban J connectivity index is 1.45. The van der Waals surface area contributed by atoms with E-state index < -0.39 is 0 Å². The van der Waals surface area contributed by atoms with Gasteiger partial charge in [0.05, 0.1) is 11.4 Å². The van der Waals surface area contributed by atoms with Gasteiger partial charge in [-0.1, -0.05) is 49.0 Å². The van der Waals surface area contributed by atoms with Crippen molar-refractivity contribution in [1.82, 2.24) is 19.7 Å². The van der Waals surface area contributed by atoms with Crippen molar-refractivity contribution in [1.29, 1.82) is 0 Å². The standard InChI is InChI=1S/C23H25N5OS3/c1-5-17-15(4)30-11-18(17)21-26-27-23(28(21)14(2)3)32-13-20(29)25-22-24-19(12-31-22)16-9-7-6-8-10-16/h6-12,14H,5,13H2,1-4H3,(H,24,25,29). The van der Waals surface area contributed by atoms with E-state index in [4.69, 9.17) is 0 Å². The highest BCUT2D eigenvalue weighted by Gasteiger charge is 2.21. The summed E-state index contributed by atoms with van der Waals surface area (Å²) in [6.45, 7) is 8.53. The molecule has 0 saturated carbocycles. The fraction of sp³-hybridized carbons (Fsp3) is 0.304. The lowest BCUT2D eigenvalue weighted by molar-refractivity contribution is -0.113. The highest BCUT2D eigenvalue weighted by molar-refractivity contribution is 7.99. The van der Waals surface area contributed by atoms with Gasteiger partial charge in [-0.2, -0.15) is 0 Å². The van der Waals surface area contributed by atoms with Gasteiger partial charge >= 0.3 is 0 Å². The Morgan fingerprint density at radius 2 is 1.94 bits per heavy atom. The molecule has 0 fully saturated rings. The van der Waals surface area contributed by atoms with E-state index >= 15 is 0 Å². The van der Waals surface area contributed by atoms with Crippen molar-refractivity contribution in [2.45, 2.75) is 45.3 Å². The van der Waals surface area contributed by atoms with E-state index in [-0.39, 0.29) is 17.7 Å². The van der Waals surface area contributed by atoms with Gasteiger partial charge in [-0.3, -0.25) is 9.36 Å². The van der Waals surface area contributed by atoms with Crippen LogP contribution in [0.15, 0.2) is 46.2 Å². The van der Waals surface area contributed by atoms with Gasteiger partial charge in [-0.25, -0.2) is 4.98 Å². The lowest BCUT2D eigenvalue weighted by atomic mass is 10.1. The van der Waals surface area contributed by atoms with Crippen LogP contribution in [0.3, 0.4) is 0 Å².